The van der Waals surface area contributed by atoms with Crippen molar-refractivity contribution >= 4 is 27.8 Å². The molecular weight excluding hydrogens is 306 g/mol. The second-order valence-electron chi connectivity index (χ2n) is 5.90. The largest absolute Gasteiger partial charge is 0.497 e. The van der Waals surface area contributed by atoms with E-state index in [-0.39, 0.29) is 0 Å². The Hall–Kier alpha value is -3.26. The zero-order chi connectivity index (χ0) is 17.1. The molecule has 0 heterocycles. The Balaban J connectivity index is 1.89. The van der Waals surface area contributed by atoms with E-state index in [4.69, 9.17) is 4.74 Å². The van der Waals surface area contributed by atoms with Crippen molar-refractivity contribution in [3.05, 3.63) is 97.1 Å². The molecule has 0 aliphatic carbocycles. The maximum absolute atomic E-state index is 5.42. The van der Waals surface area contributed by atoms with Gasteiger partial charge in [-0.25, -0.2) is 0 Å². The van der Waals surface area contributed by atoms with Crippen LogP contribution in [0, 0.1) is 0 Å². The number of para-hydroxylation sites is 1. The number of fused-ring (bicyclic) bond motifs is 1. The Morgan fingerprint density at radius 1 is 0.560 bits per heavy atom. The molecule has 0 aromatic heterocycles. The lowest BCUT2D eigenvalue weighted by Crippen LogP contribution is -2.09. The summed E-state index contributed by atoms with van der Waals surface area (Å²) in [5.74, 6) is 0.847. The minimum atomic E-state index is 0.847. The molecule has 4 aromatic carbocycles. The summed E-state index contributed by atoms with van der Waals surface area (Å²) in [6.07, 6.45) is 0. The molecule has 0 amide bonds. The van der Waals surface area contributed by atoms with Crippen molar-refractivity contribution in [2.24, 2.45) is 0 Å². The zero-order valence-electron chi connectivity index (χ0n) is 14.1. The van der Waals surface area contributed by atoms with E-state index in [1.165, 1.54) is 10.8 Å². The molecule has 0 bridgehead atoms. The van der Waals surface area contributed by atoms with Crippen molar-refractivity contribution in [2.45, 2.75) is 0 Å². The molecule has 0 fully saturated rings. The van der Waals surface area contributed by atoms with Crippen LogP contribution in [0.2, 0.25) is 0 Å². The third kappa shape index (κ3) is 3.07. The summed E-state index contributed by atoms with van der Waals surface area (Å²) in [7, 11) is 1.70. The van der Waals surface area contributed by atoms with E-state index < -0.39 is 0 Å². The Bertz CT molecular complexity index is 995. The normalized spacial score (nSPS) is 10.6. The summed E-state index contributed by atoms with van der Waals surface area (Å²) < 4.78 is 5.42. The Morgan fingerprint density at radius 3 is 2.04 bits per heavy atom. The lowest BCUT2D eigenvalue weighted by Gasteiger charge is -2.26. The summed E-state index contributed by atoms with van der Waals surface area (Å²) >= 11 is 0. The molecule has 0 spiro atoms. The molecule has 0 radical (unpaired) electrons. The van der Waals surface area contributed by atoms with E-state index >= 15 is 0 Å². The van der Waals surface area contributed by atoms with Crippen LogP contribution in [0.15, 0.2) is 97.1 Å². The van der Waals surface area contributed by atoms with Crippen molar-refractivity contribution in [1.82, 2.24) is 0 Å². The molecule has 0 unspecified atom stereocenters. The third-order valence-corrected chi connectivity index (χ3v) is 4.32. The highest BCUT2D eigenvalue weighted by Crippen LogP contribution is 2.37. The third-order valence-electron chi connectivity index (χ3n) is 4.32. The molecule has 2 heteroatoms. The monoisotopic (exact) mass is 325 g/mol. The minimum absolute atomic E-state index is 0.847. The van der Waals surface area contributed by atoms with E-state index in [1.54, 1.807) is 7.11 Å². The summed E-state index contributed by atoms with van der Waals surface area (Å²) in [5, 5.41) is 2.47. The highest BCUT2D eigenvalue weighted by Gasteiger charge is 2.13. The standard InChI is InChI=1S/C23H19NO/c1-25-23-13-7-12-21(17-23)24(20-10-3-2-4-11-20)22-15-14-18-8-5-6-9-19(18)16-22/h2-17H,1H3. The fourth-order valence-electron chi connectivity index (χ4n) is 3.09. The maximum atomic E-state index is 5.42. The number of anilines is 3. The molecule has 122 valence electrons. The van der Waals surface area contributed by atoms with Gasteiger partial charge in [0.2, 0.25) is 0 Å². The van der Waals surface area contributed by atoms with Crippen molar-refractivity contribution in [2.75, 3.05) is 12.0 Å². The number of rotatable bonds is 4. The summed E-state index contributed by atoms with van der Waals surface area (Å²) in [5.41, 5.74) is 3.31. The molecule has 25 heavy (non-hydrogen) atoms. The van der Waals surface area contributed by atoms with Crippen LogP contribution in [0.3, 0.4) is 0 Å². The van der Waals surface area contributed by atoms with Gasteiger partial charge in [-0.15, -0.1) is 0 Å². The zero-order valence-corrected chi connectivity index (χ0v) is 14.1. The van der Waals surface area contributed by atoms with Gasteiger partial charge in [-0.1, -0.05) is 54.6 Å². The van der Waals surface area contributed by atoms with Gasteiger partial charge in [0.15, 0.2) is 0 Å². The molecule has 0 atom stereocenters. The Morgan fingerprint density at radius 2 is 1.24 bits per heavy atom. The average Bonchev–Trinajstić information content (AvgIpc) is 2.69. The van der Waals surface area contributed by atoms with Gasteiger partial charge in [0.05, 0.1) is 7.11 Å². The molecule has 0 saturated carbocycles. The highest BCUT2D eigenvalue weighted by molar-refractivity contribution is 5.89. The topological polar surface area (TPSA) is 12.5 Å². The average molecular weight is 325 g/mol. The smallest absolute Gasteiger partial charge is 0.120 e. The van der Waals surface area contributed by atoms with E-state index in [0.717, 1.165) is 22.8 Å². The van der Waals surface area contributed by atoms with Gasteiger partial charge in [-0.05, 0) is 47.2 Å². The maximum Gasteiger partial charge on any atom is 0.120 e. The number of methoxy groups -OCH3 is 1. The highest BCUT2D eigenvalue weighted by atomic mass is 16.5. The van der Waals surface area contributed by atoms with E-state index in [0.29, 0.717) is 0 Å². The molecule has 0 aliphatic heterocycles. The van der Waals surface area contributed by atoms with Gasteiger partial charge in [0.25, 0.3) is 0 Å². The lowest BCUT2D eigenvalue weighted by atomic mass is 10.1. The van der Waals surface area contributed by atoms with Crippen LogP contribution < -0.4 is 9.64 Å². The van der Waals surface area contributed by atoms with Gasteiger partial charge in [-0.2, -0.15) is 0 Å². The Labute approximate surface area is 147 Å². The van der Waals surface area contributed by atoms with Gasteiger partial charge in [-0.3, -0.25) is 0 Å². The van der Waals surface area contributed by atoms with Crippen molar-refractivity contribution in [3.63, 3.8) is 0 Å². The van der Waals surface area contributed by atoms with E-state index in [1.807, 2.05) is 18.2 Å². The summed E-state index contributed by atoms with van der Waals surface area (Å²) in [6, 6.07) is 33.5. The van der Waals surface area contributed by atoms with Crippen LogP contribution in [-0.4, -0.2) is 7.11 Å². The first-order chi connectivity index (χ1) is 12.3. The van der Waals surface area contributed by atoms with Gasteiger partial charge >= 0.3 is 0 Å². The molecule has 0 aliphatic rings. The van der Waals surface area contributed by atoms with Crippen LogP contribution >= 0.6 is 0 Å². The number of benzene rings is 4. The van der Waals surface area contributed by atoms with Gasteiger partial charge in [0, 0.05) is 23.1 Å². The predicted octanol–water partition coefficient (Wildman–Crippen LogP) is 6.32. The minimum Gasteiger partial charge on any atom is -0.497 e. The number of ether oxygens (including phenoxy) is 1. The fraction of sp³-hybridized carbons (Fsp3) is 0.0435. The van der Waals surface area contributed by atoms with Crippen LogP contribution in [0.5, 0.6) is 5.75 Å². The first-order valence-electron chi connectivity index (χ1n) is 8.33. The molecular formula is C23H19NO. The molecule has 4 rings (SSSR count). The summed E-state index contributed by atoms with van der Waals surface area (Å²) in [6.45, 7) is 0. The van der Waals surface area contributed by atoms with Crippen LogP contribution in [-0.2, 0) is 0 Å². The lowest BCUT2D eigenvalue weighted by molar-refractivity contribution is 0.415. The van der Waals surface area contributed by atoms with Gasteiger partial charge in [0.1, 0.15) is 5.75 Å². The molecule has 0 N–H and O–H groups in total. The van der Waals surface area contributed by atoms with Crippen LogP contribution in [0.1, 0.15) is 0 Å². The van der Waals surface area contributed by atoms with Crippen LogP contribution in [0.25, 0.3) is 10.8 Å². The summed E-state index contributed by atoms with van der Waals surface area (Å²) in [4.78, 5) is 2.24. The first kappa shape index (κ1) is 15.3. The van der Waals surface area contributed by atoms with E-state index in [2.05, 4.69) is 83.8 Å². The van der Waals surface area contributed by atoms with Crippen molar-refractivity contribution in [1.29, 1.82) is 0 Å². The molecule has 0 saturated heterocycles. The van der Waals surface area contributed by atoms with Crippen molar-refractivity contribution < 1.29 is 4.74 Å². The first-order valence-corrected chi connectivity index (χ1v) is 8.33. The quantitative estimate of drug-likeness (QED) is 0.435. The fourth-order valence-corrected chi connectivity index (χ4v) is 3.09. The molecule has 2 nitrogen and oxygen atoms in total. The van der Waals surface area contributed by atoms with Gasteiger partial charge < -0.3 is 9.64 Å². The van der Waals surface area contributed by atoms with Crippen LogP contribution in [0.4, 0.5) is 17.1 Å². The second kappa shape index (κ2) is 6.70. The van der Waals surface area contributed by atoms with Crippen molar-refractivity contribution in [3.8, 4) is 5.75 Å². The second-order valence-corrected chi connectivity index (χ2v) is 5.90. The number of nitrogens with zero attached hydrogens (tertiary/aromatic N) is 1. The SMILES string of the molecule is COc1cccc(N(c2ccccc2)c2ccc3ccccc3c2)c1. The Kier molecular flexibility index (Phi) is 4.09. The predicted molar refractivity (Wildman–Crippen MR) is 105 cm³/mol. The van der Waals surface area contributed by atoms with E-state index in [9.17, 15) is 0 Å². The number of hydrogen-bond donors (Lipinski definition) is 0. The number of hydrogen-bond acceptors (Lipinski definition) is 2. The molecule has 4 aromatic rings.